The Morgan fingerprint density at radius 1 is 1.11 bits per heavy atom. The Kier molecular flexibility index (Phi) is 7.42. The van der Waals surface area contributed by atoms with Crippen molar-refractivity contribution in [1.82, 2.24) is 9.29 Å². The van der Waals surface area contributed by atoms with Gasteiger partial charge in [-0.15, -0.1) is 0 Å². The topological polar surface area (TPSA) is 102 Å². The lowest BCUT2D eigenvalue weighted by atomic mass is 10.1. The zero-order valence-corrected chi connectivity index (χ0v) is 23.0. The van der Waals surface area contributed by atoms with Crippen molar-refractivity contribution in [2.45, 2.75) is 43.7 Å². The Morgan fingerprint density at radius 3 is 2.50 bits per heavy atom. The molecule has 1 amide bonds. The van der Waals surface area contributed by atoms with Gasteiger partial charge in [0.1, 0.15) is 27.5 Å². The van der Waals surface area contributed by atoms with Crippen LogP contribution in [-0.2, 0) is 16.6 Å². The molecule has 4 aromatic rings. The molecule has 5 rings (SSSR count). The molecule has 0 spiro atoms. The minimum absolute atomic E-state index is 0.0492. The van der Waals surface area contributed by atoms with E-state index < -0.39 is 10.0 Å². The second kappa shape index (κ2) is 10.8. The summed E-state index contributed by atoms with van der Waals surface area (Å²) in [6.45, 7) is 2.58. The van der Waals surface area contributed by atoms with Gasteiger partial charge in [0, 0.05) is 18.2 Å². The van der Waals surface area contributed by atoms with Crippen LogP contribution in [0.2, 0.25) is 0 Å². The molecule has 9 nitrogen and oxygen atoms in total. The largest absolute Gasteiger partial charge is 0.495 e. The summed E-state index contributed by atoms with van der Waals surface area (Å²) in [6, 6.07) is 13.1. The number of hydrogen-bond acceptors (Lipinski definition) is 8. The van der Waals surface area contributed by atoms with E-state index in [1.807, 2.05) is 6.92 Å². The molecule has 0 aliphatic carbocycles. The standard InChI is InChI=1S/C27H29N3O6S2/c1-18-7-4-5-15-30(18)38(32,33)21-11-9-19(10-12-21)26(31)29(17-20-8-6-16-36-20)27-28-24-22(34-2)13-14-23(35-3)25(24)37-27/h6,8-14,16,18H,4-5,7,15,17H2,1-3H3. The fourth-order valence-electron chi connectivity index (χ4n) is 4.66. The average molecular weight is 556 g/mol. The number of rotatable bonds is 8. The van der Waals surface area contributed by atoms with Crippen LogP contribution in [0.1, 0.15) is 42.3 Å². The van der Waals surface area contributed by atoms with Gasteiger partial charge in [-0.05, 0) is 68.3 Å². The number of benzene rings is 2. The van der Waals surface area contributed by atoms with Crippen molar-refractivity contribution in [3.05, 3.63) is 66.1 Å². The molecule has 2 aromatic heterocycles. The van der Waals surface area contributed by atoms with Crippen LogP contribution in [0.3, 0.4) is 0 Å². The van der Waals surface area contributed by atoms with E-state index >= 15 is 0 Å². The molecule has 1 saturated heterocycles. The number of aromatic nitrogens is 1. The fraction of sp³-hybridized carbons (Fsp3) is 0.333. The van der Waals surface area contributed by atoms with Crippen LogP contribution < -0.4 is 14.4 Å². The van der Waals surface area contributed by atoms with Gasteiger partial charge in [-0.25, -0.2) is 13.4 Å². The summed E-state index contributed by atoms with van der Waals surface area (Å²) in [6.07, 6.45) is 4.26. The van der Waals surface area contributed by atoms with Gasteiger partial charge in [0.2, 0.25) is 10.0 Å². The lowest BCUT2D eigenvalue weighted by Crippen LogP contribution is -2.41. The third kappa shape index (κ3) is 4.89. The summed E-state index contributed by atoms with van der Waals surface area (Å²) in [5.74, 6) is 1.43. The number of piperidine rings is 1. The van der Waals surface area contributed by atoms with Crippen molar-refractivity contribution in [3.8, 4) is 11.5 Å². The second-order valence-electron chi connectivity index (χ2n) is 9.10. The highest BCUT2D eigenvalue weighted by molar-refractivity contribution is 7.89. The number of ether oxygens (including phenoxy) is 2. The Bertz CT molecular complexity index is 1490. The van der Waals surface area contributed by atoms with Crippen molar-refractivity contribution in [3.63, 3.8) is 0 Å². The third-order valence-corrected chi connectivity index (χ3v) is 9.84. The van der Waals surface area contributed by atoms with Crippen LogP contribution in [0.4, 0.5) is 5.13 Å². The van der Waals surface area contributed by atoms with Gasteiger partial charge in [0.15, 0.2) is 5.13 Å². The van der Waals surface area contributed by atoms with E-state index in [2.05, 4.69) is 0 Å². The fourth-order valence-corrected chi connectivity index (χ4v) is 7.44. The number of fused-ring (bicyclic) bond motifs is 1. The van der Waals surface area contributed by atoms with Crippen LogP contribution >= 0.6 is 11.3 Å². The van der Waals surface area contributed by atoms with Crippen molar-refractivity contribution in [1.29, 1.82) is 0 Å². The van der Waals surface area contributed by atoms with Crippen molar-refractivity contribution < 1.29 is 27.1 Å². The number of carbonyl (C=O) groups is 1. The molecular formula is C27H29N3O6S2. The van der Waals surface area contributed by atoms with Gasteiger partial charge < -0.3 is 13.9 Å². The number of furan rings is 1. The Hall–Kier alpha value is -3.41. The van der Waals surface area contributed by atoms with Crippen LogP contribution in [0.15, 0.2) is 64.1 Å². The molecule has 0 radical (unpaired) electrons. The predicted octanol–water partition coefficient (Wildman–Crippen LogP) is 5.32. The van der Waals surface area contributed by atoms with Gasteiger partial charge in [-0.2, -0.15) is 4.31 Å². The second-order valence-corrected chi connectivity index (χ2v) is 12.0. The lowest BCUT2D eigenvalue weighted by molar-refractivity contribution is 0.0983. The number of methoxy groups -OCH3 is 2. The number of thiazole rings is 1. The summed E-state index contributed by atoms with van der Waals surface area (Å²) >= 11 is 1.30. The summed E-state index contributed by atoms with van der Waals surface area (Å²) < 4.78 is 45.3. The van der Waals surface area contributed by atoms with Crippen molar-refractivity contribution in [2.24, 2.45) is 0 Å². The maximum absolute atomic E-state index is 13.8. The van der Waals surface area contributed by atoms with E-state index in [1.165, 1.54) is 28.4 Å². The third-order valence-electron chi connectivity index (χ3n) is 6.72. The van der Waals surface area contributed by atoms with Crippen molar-refractivity contribution in [2.75, 3.05) is 25.7 Å². The first-order valence-corrected chi connectivity index (χ1v) is 14.6. The SMILES string of the molecule is COc1ccc(OC)c2sc(N(Cc3ccco3)C(=O)c3ccc(S(=O)(=O)N4CCCCC4C)cc3)nc12. The number of carbonyl (C=O) groups excluding carboxylic acids is 1. The minimum Gasteiger partial charge on any atom is -0.495 e. The molecule has 0 bridgehead atoms. The highest BCUT2D eigenvalue weighted by atomic mass is 32.2. The van der Waals surface area contributed by atoms with Crippen LogP contribution in [0.5, 0.6) is 11.5 Å². The van der Waals surface area contributed by atoms with Gasteiger partial charge in [-0.1, -0.05) is 17.8 Å². The Morgan fingerprint density at radius 2 is 1.84 bits per heavy atom. The summed E-state index contributed by atoms with van der Waals surface area (Å²) in [4.78, 5) is 20.2. The molecule has 0 saturated carbocycles. The van der Waals surface area contributed by atoms with E-state index in [1.54, 1.807) is 61.2 Å². The van der Waals surface area contributed by atoms with Gasteiger partial charge >= 0.3 is 0 Å². The molecule has 1 aliphatic heterocycles. The Balaban J connectivity index is 1.50. The number of anilines is 1. The Labute approximate surface area is 225 Å². The first kappa shape index (κ1) is 26.2. The number of amides is 1. The number of sulfonamides is 1. The molecule has 11 heteroatoms. The quantitative estimate of drug-likeness (QED) is 0.290. The van der Waals surface area contributed by atoms with Gasteiger partial charge in [0.05, 0.1) is 31.9 Å². The van der Waals surface area contributed by atoms with E-state index in [-0.39, 0.29) is 23.4 Å². The zero-order valence-electron chi connectivity index (χ0n) is 21.4. The lowest BCUT2D eigenvalue weighted by Gasteiger charge is -2.32. The van der Waals surface area contributed by atoms with E-state index in [0.29, 0.717) is 40.0 Å². The van der Waals surface area contributed by atoms with Gasteiger partial charge in [-0.3, -0.25) is 9.69 Å². The highest BCUT2D eigenvalue weighted by Gasteiger charge is 2.31. The van der Waals surface area contributed by atoms with Crippen LogP contribution in [0, 0.1) is 0 Å². The van der Waals surface area contributed by atoms with E-state index in [4.69, 9.17) is 18.9 Å². The maximum Gasteiger partial charge on any atom is 0.260 e. The molecular weight excluding hydrogens is 526 g/mol. The maximum atomic E-state index is 13.8. The van der Waals surface area contributed by atoms with E-state index in [9.17, 15) is 13.2 Å². The van der Waals surface area contributed by atoms with Gasteiger partial charge in [0.25, 0.3) is 5.91 Å². The summed E-state index contributed by atoms with van der Waals surface area (Å²) in [5.41, 5.74) is 0.918. The summed E-state index contributed by atoms with van der Waals surface area (Å²) in [5, 5.41) is 0.433. The number of hydrogen-bond donors (Lipinski definition) is 0. The first-order chi connectivity index (χ1) is 18.3. The number of nitrogens with zero attached hydrogens (tertiary/aromatic N) is 3. The molecule has 200 valence electrons. The molecule has 0 N–H and O–H groups in total. The highest BCUT2D eigenvalue weighted by Crippen LogP contribution is 2.41. The molecule has 2 aromatic carbocycles. The first-order valence-electron chi connectivity index (χ1n) is 12.3. The average Bonchev–Trinajstić information content (AvgIpc) is 3.61. The molecule has 3 heterocycles. The monoisotopic (exact) mass is 555 g/mol. The minimum atomic E-state index is -3.64. The smallest absolute Gasteiger partial charge is 0.260 e. The molecule has 1 atom stereocenters. The zero-order chi connectivity index (χ0) is 26.9. The molecule has 38 heavy (non-hydrogen) atoms. The molecule has 1 fully saturated rings. The predicted molar refractivity (Wildman–Crippen MR) is 146 cm³/mol. The van der Waals surface area contributed by atoms with Crippen LogP contribution in [-0.4, -0.2) is 50.4 Å². The summed E-state index contributed by atoms with van der Waals surface area (Å²) in [7, 11) is -0.507. The molecule has 1 unspecified atom stereocenters. The van der Waals surface area contributed by atoms with Crippen molar-refractivity contribution >= 4 is 42.6 Å². The normalized spacial score (nSPS) is 16.4. The van der Waals surface area contributed by atoms with Crippen LogP contribution in [0.25, 0.3) is 10.2 Å². The molecule has 1 aliphatic rings. The van der Waals surface area contributed by atoms with E-state index in [0.717, 1.165) is 24.0 Å².